The van der Waals surface area contributed by atoms with Crippen molar-refractivity contribution in [2.45, 2.75) is 47.6 Å². The fourth-order valence-corrected chi connectivity index (χ4v) is 5.24. The lowest BCUT2D eigenvalue weighted by Gasteiger charge is -2.18. The van der Waals surface area contributed by atoms with Crippen LogP contribution in [0.15, 0.2) is 52.3 Å². The van der Waals surface area contributed by atoms with E-state index >= 15 is 0 Å². The standard InChI is InChI=1S/C19H21FN2O2S/c1-12-10-19-16(8-9-21-12)17-11-15(6-7-18(17)22-19)25(23,24)14-4-2-13(20)3-5-14/h2-7,11-12,16,19,21-22H,8-10H2,1H3/t12?,16-,19+/m0/s1. The van der Waals surface area contributed by atoms with Gasteiger partial charge in [-0.1, -0.05) is 0 Å². The molecule has 2 aromatic carbocycles. The number of halogens is 1. The summed E-state index contributed by atoms with van der Waals surface area (Å²) in [5.41, 5.74) is 2.10. The van der Waals surface area contributed by atoms with Crippen LogP contribution in [-0.4, -0.2) is 27.0 Å². The predicted octanol–water partition coefficient (Wildman–Crippen LogP) is 3.31. The average molecular weight is 360 g/mol. The summed E-state index contributed by atoms with van der Waals surface area (Å²) in [6, 6.07) is 11.1. The van der Waals surface area contributed by atoms with Crippen LogP contribution in [0.5, 0.6) is 0 Å². The van der Waals surface area contributed by atoms with Gasteiger partial charge in [0.15, 0.2) is 0 Å². The first-order chi connectivity index (χ1) is 11.9. The zero-order valence-electron chi connectivity index (χ0n) is 14.0. The number of hydrogen-bond donors (Lipinski definition) is 2. The lowest BCUT2D eigenvalue weighted by molar-refractivity contribution is 0.521. The lowest BCUT2D eigenvalue weighted by atomic mass is 9.90. The van der Waals surface area contributed by atoms with Gasteiger partial charge < -0.3 is 10.6 Å². The highest BCUT2D eigenvalue weighted by Gasteiger charge is 2.35. The lowest BCUT2D eigenvalue weighted by Crippen LogP contribution is -2.28. The summed E-state index contributed by atoms with van der Waals surface area (Å²) in [5.74, 6) is -0.129. The van der Waals surface area contributed by atoms with Crippen LogP contribution in [0.1, 0.15) is 31.2 Å². The van der Waals surface area contributed by atoms with E-state index < -0.39 is 15.7 Å². The van der Waals surface area contributed by atoms with E-state index in [-0.39, 0.29) is 9.79 Å². The van der Waals surface area contributed by atoms with E-state index in [9.17, 15) is 12.8 Å². The van der Waals surface area contributed by atoms with E-state index in [1.807, 2.05) is 6.07 Å². The minimum absolute atomic E-state index is 0.118. The summed E-state index contributed by atoms with van der Waals surface area (Å²) in [6.45, 7) is 3.11. The fourth-order valence-electron chi connectivity index (χ4n) is 3.94. The van der Waals surface area contributed by atoms with Crippen LogP contribution in [0.4, 0.5) is 10.1 Å². The highest BCUT2D eigenvalue weighted by molar-refractivity contribution is 7.91. The molecule has 2 N–H and O–H groups in total. The number of anilines is 1. The van der Waals surface area contributed by atoms with Crippen LogP contribution < -0.4 is 10.6 Å². The van der Waals surface area contributed by atoms with E-state index in [2.05, 4.69) is 17.6 Å². The summed E-state index contributed by atoms with van der Waals surface area (Å²) >= 11 is 0. The van der Waals surface area contributed by atoms with E-state index in [0.717, 1.165) is 30.6 Å². The van der Waals surface area contributed by atoms with Crippen LogP contribution in [0, 0.1) is 5.82 Å². The van der Waals surface area contributed by atoms with E-state index in [1.165, 1.54) is 24.3 Å². The zero-order chi connectivity index (χ0) is 17.6. The first kappa shape index (κ1) is 16.5. The van der Waals surface area contributed by atoms with Gasteiger partial charge >= 0.3 is 0 Å². The topological polar surface area (TPSA) is 58.2 Å². The SMILES string of the molecule is CC1C[C@H]2Nc3ccc(S(=O)(=O)c4ccc(F)cc4)cc3[C@@H]2CCN1. The number of nitrogens with one attached hydrogen (secondary N) is 2. The molecule has 1 fully saturated rings. The fraction of sp³-hybridized carbons (Fsp3) is 0.368. The van der Waals surface area contributed by atoms with Crippen molar-refractivity contribution < 1.29 is 12.8 Å². The van der Waals surface area contributed by atoms with Crippen molar-refractivity contribution in [2.24, 2.45) is 0 Å². The molecule has 4 nitrogen and oxygen atoms in total. The Kier molecular flexibility index (Phi) is 4.04. The van der Waals surface area contributed by atoms with Gasteiger partial charge in [0, 0.05) is 23.7 Å². The molecule has 3 atom stereocenters. The van der Waals surface area contributed by atoms with Gasteiger partial charge in [0.1, 0.15) is 5.82 Å². The van der Waals surface area contributed by atoms with Crippen LogP contribution in [0.25, 0.3) is 0 Å². The van der Waals surface area contributed by atoms with Crippen molar-refractivity contribution in [3.05, 3.63) is 53.8 Å². The number of hydrogen-bond acceptors (Lipinski definition) is 4. The third-order valence-corrected chi connectivity index (χ3v) is 7.01. The maximum absolute atomic E-state index is 13.1. The Balaban J connectivity index is 1.72. The van der Waals surface area contributed by atoms with Crippen molar-refractivity contribution in [1.29, 1.82) is 0 Å². The highest BCUT2D eigenvalue weighted by Crippen LogP contribution is 2.42. The molecule has 2 aromatic rings. The Morgan fingerprint density at radius 1 is 1.08 bits per heavy atom. The molecule has 0 bridgehead atoms. The second-order valence-electron chi connectivity index (χ2n) is 6.94. The minimum Gasteiger partial charge on any atom is -0.381 e. The molecule has 1 unspecified atom stereocenters. The first-order valence-electron chi connectivity index (χ1n) is 8.59. The van der Waals surface area contributed by atoms with E-state index in [1.54, 1.807) is 12.1 Å². The number of rotatable bonds is 2. The van der Waals surface area contributed by atoms with Gasteiger partial charge in [-0.15, -0.1) is 0 Å². The van der Waals surface area contributed by atoms with Gasteiger partial charge in [-0.25, -0.2) is 12.8 Å². The molecule has 0 spiro atoms. The molecule has 0 aromatic heterocycles. The van der Waals surface area contributed by atoms with Crippen LogP contribution >= 0.6 is 0 Å². The smallest absolute Gasteiger partial charge is 0.206 e. The molecule has 2 aliphatic heterocycles. The summed E-state index contributed by atoms with van der Waals surface area (Å²) in [5, 5.41) is 7.03. The van der Waals surface area contributed by atoms with Crippen molar-refractivity contribution >= 4 is 15.5 Å². The van der Waals surface area contributed by atoms with Crippen LogP contribution in [0.2, 0.25) is 0 Å². The van der Waals surface area contributed by atoms with Crippen LogP contribution in [0.3, 0.4) is 0 Å². The molecular formula is C19H21FN2O2S. The second kappa shape index (κ2) is 6.11. The minimum atomic E-state index is -3.65. The van der Waals surface area contributed by atoms with Gasteiger partial charge in [-0.05, 0) is 74.3 Å². The highest BCUT2D eigenvalue weighted by atomic mass is 32.2. The Hall–Kier alpha value is -1.92. The Morgan fingerprint density at radius 3 is 2.56 bits per heavy atom. The number of benzene rings is 2. The molecule has 0 saturated carbocycles. The number of fused-ring (bicyclic) bond motifs is 3. The van der Waals surface area contributed by atoms with Crippen molar-refractivity contribution in [2.75, 3.05) is 11.9 Å². The summed E-state index contributed by atoms with van der Waals surface area (Å²) < 4.78 is 38.8. The molecular weight excluding hydrogens is 339 g/mol. The Morgan fingerprint density at radius 2 is 1.80 bits per heavy atom. The molecule has 132 valence electrons. The third-order valence-electron chi connectivity index (χ3n) is 5.24. The second-order valence-corrected chi connectivity index (χ2v) is 8.89. The average Bonchev–Trinajstić information content (AvgIpc) is 2.80. The largest absolute Gasteiger partial charge is 0.381 e. The molecule has 0 aliphatic carbocycles. The summed E-state index contributed by atoms with van der Waals surface area (Å²) in [7, 11) is -3.65. The molecule has 1 saturated heterocycles. The maximum atomic E-state index is 13.1. The van der Waals surface area contributed by atoms with Gasteiger partial charge in [0.25, 0.3) is 0 Å². The van der Waals surface area contributed by atoms with Crippen molar-refractivity contribution in [3.8, 4) is 0 Å². The molecule has 25 heavy (non-hydrogen) atoms. The van der Waals surface area contributed by atoms with E-state index in [0.29, 0.717) is 18.0 Å². The molecule has 4 rings (SSSR count). The number of sulfone groups is 1. The predicted molar refractivity (Wildman–Crippen MR) is 95.1 cm³/mol. The monoisotopic (exact) mass is 360 g/mol. The maximum Gasteiger partial charge on any atom is 0.206 e. The summed E-state index contributed by atoms with van der Waals surface area (Å²) in [6.07, 6.45) is 1.99. The van der Waals surface area contributed by atoms with Crippen LogP contribution in [-0.2, 0) is 9.84 Å². The third kappa shape index (κ3) is 2.93. The summed E-state index contributed by atoms with van der Waals surface area (Å²) in [4.78, 5) is 0.387. The van der Waals surface area contributed by atoms with E-state index in [4.69, 9.17) is 0 Å². The van der Waals surface area contributed by atoms with Gasteiger partial charge in [0.05, 0.1) is 9.79 Å². The van der Waals surface area contributed by atoms with Gasteiger partial charge in [0.2, 0.25) is 9.84 Å². The first-order valence-corrected chi connectivity index (χ1v) is 10.1. The van der Waals surface area contributed by atoms with Gasteiger partial charge in [-0.2, -0.15) is 0 Å². The quantitative estimate of drug-likeness (QED) is 0.807. The Labute approximate surface area is 147 Å². The van der Waals surface area contributed by atoms with Gasteiger partial charge in [-0.3, -0.25) is 0 Å². The molecule has 0 amide bonds. The molecule has 6 heteroatoms. The molecule has 2 heterocycles. The zero-order valence-corrected chi connectivity index (χ0v) is 14.8. The Bertz CT molecular complexity index is 896. The normalized spacial score (nSPS) is 25.6. The van der Waals surface area contributed by atoms with Crippen molar-refractivity contribution in [1.82, 2.24) is 5.32 Å². The molecule has 2 aliphatic rings. The molecule has 0 radical (unpaired) electrons. The van der Waals surface area contributed by atoms with Crippen molar-refractivity contribution in [3.63, 3.8) is 0 Å².